The molecule has 3 nitrogen and oxygen atoms in total. The largest absolute Gasteiger partial charge is 0.490 e. The van der Waals surface area contributed by atoms with Crippen LogP contribution in [0.3, 0.4) is 0 Å². The number of carbonyl (C=O) groups is 1. The van der Waals surface area contributed by atoms with E-state index >= 15 is 0 Å². The van der Waals surface area contributed by atoms with Gasteiger partial charge in [0.1, 0.15) is 11.6 Å². The van der Waals surface area contributed by atoms with Crippen molar-refractivity contribution in [3.63, 3.8) is 0 Å². The van der Waals surface area contributed by atoms with Crippen LogP contribution in [0.5, 0.6) is 5.75 Å². The maximum atomic E-state index is 13.6. The zero-order valence-electron chi connectivity index (χ0n) is 12.4. The van der Waals surface area contributed by atoms with Gasteiger partial charge >= 0.3 is 0 Å². The van der Waals surface area contributed by atoms with Crippen LogP contribution in [0.25, 0.3) is 0 Å². The molecule has 0 bridgehead atoms. The van der Waals surface area contributed by atoms with Crippen LogP contribution in [0.2, 0.25) is 0 Å². The third kappa shape index (κ3) is 3.45. The van der Waals surface area contributed by atoms with Crippen molar-refractivity contribution in [2.24, 2.45) is 5.92 Å². The van der Waals surface area contributed by atoms with Crippen LogP contribution < -0.4 is 10.1 Å². The Morgan fingerprint density at radius 3 is 2.50 bits per heavy atom. The van der Waals surface area contributed by atoms with Crippen LogP contribution in [0.4, 0.5) is 10.1 Å². The second-order valence-electron chi connectivity index (χ2n) is 5.62. The van der Waals surface area contributed by atoms with Crippen LogP contribution >= 0.6 is 0 Å². The second kappa shape index (κ2) is 6.18. The quantitative estimate of drug-likeness (QED) is 0.896. The van der Waals surface area contributed by atoms with Gasteiger partial charge in [0, 0.05) is 5.69 Å². The smallest absolute Gasteiger partial charge is 0.258 e. The van der Waals surface area contributed by atoms with Gasteiger partial charge in [0.15, 0.2) is 0 Å². The molecule has 22 heavy (non-hydrogen) atoms. The molecule has 0 heterocycles. The first-order valence-electron chi connectivity index (χ1n) is 7.46. The zero-order chi connectivity index (χ0) is 15.5. The van der Waals surface area contributed by atoms with Crippen molar-refractivity contribution in [3.05, 3.63) is 59.9 Å². The molecule has 2 aromatic rings. The van der Waals surface area contributed by atoms with Crippen molar-refractivity contribution in [1.29, 1.82) is 0 Å². The number of carbonyl (C=O) groups excluding carboxylic acids is 1. The van der Waals surface area contributed by atoms with Gasteiger partial charge in [0.05, 0.1) is 11.7 Å². The Balaban J connectivity index is 1.63. The van der Waals surface area contributed by atoms with E-state index in [4.69, 9.17) is 4.74 Å². The number of hydrogen-bond donors (Lipinski definition) is 1. The molecular weight excluding hydrogens is 281 g/mol. The molecule has 1 atom stereocenters. The van der Waals surface area contributed by atoms with E-state index in [0.29, 0.717) is 11.6 Å². The van der Waals surface area contributed by atoms with E-state index in [9.17, 15) is 9.18 Å². The van der Waals surface area contributed by atoms with Crippen molar-refractivity contribution in [3.8, 4) is 5.75 Å². The van der Waals surface area contributed by atoms with Crippen LogP contribution in [-0.4, -0.2) is 12.0 Å². The number of nitrogens with one attached hydrogen (secondary N) is 1. The summed E-state index contributed by atoms with van der Waals surface area (Å²) >= 11 is 0. The molecule has 0 spiro atoms. The summed E-state index contributed by atoms with van der Waals surface area (Å²) < 4.78 is 19.4. The third-order valence-electron chi connectivity index (χ3n) is 3.84. The summed E-state index contributed by atoms with van der Waals surface area (Å²) in [5.74, 6) is 0.458. The summed E-state index contributed by atoms with van der Waals surface area (Å²) in [5.41, 5.74) is 0.643. The maximum Gasteiger partial charge on any atom is 0.258 e. The van der Waals surface area contributed by atoms with Crippen molar-refractivity contribution in [2.75, 3.05) is 5.32 Å². The number of rotatable bonds is 5. The van der Waals surface area contributed by atoms with Crippen molar-refractivity contribution in [2.45, 2.75) is 25.9 Å². The molecular formula is C18H18FNO2. The fourth-order valence-corrected chi connectivity index (χ4v) is 2.34. The normalized spacial score (nSPS) is 15.2. The summed E-state index contributed by atoms with van der Waals surface area (Å²) in [5, 5.41) is 2.68. The van der Waals surface area contributed by atoms with Gasteiger partial charge in [0.2, 0.25) is 0 Å². The number of ether oxygens (including phenoxy) is 1. The lowest BCUT2D eigenvalue weighted by Gasteiger charge is -2.14. The molecule has 0 aliphatic heterocycles. The third-order valence-corrected chi connectivity index (χ3v) is 3.84. The minimum absolute atomic E-state index is 0.0326. The highest BCUT2D eigenvalue weighted by atomic mass is 19.1. The van der Waals surface area contributed by atoms with E-state index < -0.39 is 11.7 Å². The second-order valence-corrected chi connectivity index (χ2v) is 5.62. The first-order valence-corrected chi connectivity index (χ1v) is 7.46. The van der Waals surface area contributed by atoms with Crippen LogP contribution in [0.15, 0.2) is 48.5 Å². The summed E-state index contributed by atoms with van der Waals surface area (Å²) in [6, 6.07) is 13.1. The van der Waals surface area contributed by atoms with E-state index in [0.717, 1.165) is 5.75 Å². The van der Waals surface area contributed by atoms with Gasteiger partial charge in [-0.05, 0) is 62.1 Å². The van der Waals surface area contributed by atoms with Crippen molar-refractivity contribution in [1.82, 2.24) is 0 Å². The van der Waals surface area contributed by atoms with Crippen LogP contribution in [0, 0.1) is 11.7 Å². The molecule has 3 rings (SSSR count). The maximum absolute atomic E-state index is 13.6. The molecule has 114 valence electrons. The van der Waals surface area contributed by atoms with Gasteiger partial charge in [0.25, 0.3) is 5.91 Å². The first kappa shape index (κ1) is 14.6. The lowest BCUT2D eigenvalue weighted by molar-refractivity contribution is 0.102. The lowest BCUT2D eigenvalue weighted by atomic mass is 10.2. The fraction of sp³-hybridized carbons (Fsp3) is 0.278. The average molecular weight is 299 g/mol. The SMILES string of the molecule is CC(Oc1ccc(NC(=O)c2ccccc2F)cc1)C1CC1. The molecule has 0 radical (unpaired) electrons. The Bertz CT molecular complexity index is 665. The Kier molecular flexibility index (Phi) is 4.09. The predicted molar refractivity (Wildman–Crippen MR) is 83.6 cm³/mol. The Morgan fingerprint density at radius 1 is 1.18 bits per heavy atom. The number of anilines is 1. The predicted octanol–water partition coefficient (Wildman–Crippen LogP) is 4.26. The standard InChI is InChI=1S/C18H18FNO2/c1-12(13-6-7-13)22-15-10-8-14(9-11-15)20-18(21)16-4-2-3-5-17(16)19/h2-5,8-13H,6-7H2,1H3,(H,20,21). The molecule has 1 N–H and O–H groups in total. The molecule has 1 unspecified atom stereocenters. The first-order chi connectivity index (χ1) is 10.6. The topological polar surface area (TPSA) is 38.3 Å². The summed E-state index contributed by atoms with van der Waals surface area (Å²) in [6.07, 6.45) is 2.69. The number of amides is 1. The van der Waals surface area contributed by atoms with Crippen LogP contribution in [0.1, 0.15) is 30.1 Å². The highest BCUT2D eigenvalue weighted by molar-refractivity contribution is 6.04. The minimum Gasteiger partial charge on any atom is -0.490 e. The number of benzene rings is 2. The van der Waals surface area contributed by atoms with E-state index in [2.05, 4.69) is 12.2 Å². The van der Waals surface area contributed by atoms with E-state index in [1.54, 1.807) is 24.3 Å². The highest BCUT2D eigenvalue weighted by Crippen LogP contribution is 2.34. The molecule has 1 aliphatic rings. The average Bonchev–Trinajstić information content (AvgIpc) is 3.34. The van der Waals surface area contributed by atoms with Gasteiger partial charge in [-0.2, -0.15) is 0 Å². The zero-order valence-corrected chi connectivity index (χ0v) is 12.4. The minimum atomic E-state index is -0.529. The molecule has 0 aromatic heterocycles. The fourth-order valence-electron chi connectivity index (χ4n) is 2.34. The summed E-state index contributed by atoms with van der Waals surface area (Å²) in [6.45, 7) is 2.07. The van der Waals surface area contributed by atoms with Crippen molar-refractivity contribution < 1.29 is 13.9 Å². The van der Waals surface area contributed by atoms with E-state index in [1.807, 2.05) is 12.1 Å². The Morgan fingerprint density at radius 2 is 1.86 bits per heavy atom. The highest BCUT2D eigenvalue weighted by Gasteiger charge is 2.29. The van der Waals surface area contributed by atoms with Crippen LogP contribution in [-0.2, 0) is 0 Å². The van der Waals surface area contributed by atoms with E-state index in [-0.39, 0.29) is 11.7 Å². The van der Waals surface area contributed by atoms with Gasteiger partial charge in [-0.15, -0.1) is 0 Å². The molecule has 1 fully saturated rings. The Hall–Kier alpha value is -2.36. The van der Waals surface area contributed by atoms with E-state index in [1.165, 1.54) is 25.0 Å². The van der Waals surface area contributed by atoms with Gasteiger partial charge in [-0.25, -0.2) is 4.39 Å². The molecule has 1 saturated carbocycles. The molecule has 4 heteroatoms. The molecule has 0 saturated heterocycles. The number of hydrogen-bond acceptors (Lipinski definition) is 2. The Labute approximate surface area is 129 Å². The lowest BCUT2D eigenvalue weighted by Crippen LogP contribution is -2.15. The number of halogens is 1. The summed E-state index contributed by atoms with van der Waals surface area (Å²) in [7, 11) is 0. The van der Waals surface area contributed by atoms with Crippen molar-refractivity contribution >= 4 is 11.6 Å². The van der Waals surface area contributed by atoms with Gasteiger partial charge < -0.3 is 10.1 Å². The molecule has 1 amide bonds. The molecule has 1 aliphatic carbocycles. The molecule has 2 aromatic carbocycles. The van der Waals surface area contributed by atoms with Gasteiger partial charge in [-0.1, -0.05) is 12.1 Å². The monoisotopic (exact) mass is 299 g/mol. The van der Waals surface area contributed by atoms with Gasteiger partial charge in [-0.3, -0.25) is 4.79 Å². The summed E-state index contributed by atoms with van der Waals surface area (Å²) in [4.78, 5) is 12.0.